The summed E-state index contributed by atoms with van der Waals surface area (Å²) in [5, 5.41) is 24.3. The summed E-state index contributed by atoms with van der Waals surface area (Å²) in [5.41, 5.74) is 1.80. The Morgan fingerprint density at radius 1 is 1.48 bits per heavy atom. The standard InChI is InChI=1S/C20H22N4O3S2/c1-20(2,3)12-4-6-14-15(9-21)19(29-16(14)8-12)23-17(25)11-28-18-7-5-13(10-22-18)24(26)27/h5,7,10,12H,4,6,8,11H2,1-3H3,(H,23,25). The first kappa shape index (κ1) is 21.3. The number of carbonyl (C=O) groups is 1. The summed E-state index contributed by atoms with van der Waals surface area (Å²) in [6.07, 6.45) is 4.04. The van der Waals surface area contributed by atoms with Crippen molar-refractivity contribution >= 4 is 39.7 Å². The minimum absolute atomic E-state index is 0.0878. The number of rotatable bonds is 5. The molecule has 1 N–H and O–H groups in total. The summed E-state index contributed by atoms with van der Waals surface area (Å²) in [6.45, 7) is 6.73. The van der Waals surface area contributed by atoms with Crippen molar-refractivity contribution in [3.05, 3.63) is 44.4 Å². The lowest BCUT2D eigenvalue weighted by Gasteiger charge is -2.33. The van der Waals surface area contributed by atoms with E-state index in [1.54, 1.807) is 0 Å². The maximum Gasteiger partial charge on any atom is 0.287 e. The van der Waals surface area contributed by atoms with Crippen molar-refractivity contribution in [1.82, 2.24) is 4.98 Å². The van der Waals surface area contributed by atoms with E-state index in [-0.39, 0.29) is 22.8 Å². The highest BCUT2D eigenvalue weighted by atomic mass is 32.2. The highest BCUT2D eigenvalue weighted by Crippen LogP contribution is 2.44. The van der Waals surface area contributed by atoms with Gasteiger partial charge in [0, 0.05) is 10.9 Å². The number of amides is 1. The number of thioether (sulfide) groups is 1. The van der Waals surface area contributed by atoms with Gasteiger partial charge in [0.15, 0.2) is 0 Å². The van der Waals surface area contributed by atoms with Gasteiger partial charge in [-0.25, -0.2) is 4.98 Å². The maximum atomic E-state index is 12.4. The van der Waals surface area contributed by atoms with E-state index in [1.165, 1.54) is 46.3 Å². The van der Waals surface area contributed by atoms with E-state index >= 15 is 0 Å². The van der Waals surface area contributed by atoms with Gasteiger partial charge in [-0.1, -0.05) is 32.5 Å². The van der Waals surface area contributed by atoms with Crippen LogP contribution in [0.3, 0.4) is 0 Å². The predicted octanol–water partition coefficient (Wildman–Crippen LogP) is 4.80. The monoisotopic (exact) mass is 430 g/mol. The molecule has 2 aromatic rings. The first-order valence-electron chi connectivity index (χ1n) is 9.26. The van der Waals surface area contributed by atoms with Crippen molar-refractivity contribution in [2.75, 3.05) is 11.1 Å². The minimum atomic E-state index is -0.514. The largest absolute Gasteiger partial charge is 0.316 e. The van der Waals surface area contributed by atoms with Gasteiger partial charge < -0.3 is 5.32 Å². The van der Waals surface area contributed by atoms with Crippen LogP contribution in [0.5, 0.6) is 0 Å². The molecule has 0 saturated heterocycles. The van der Waals surface area contributed by atoms with E-state index in [0.29, 0.717) is 21.5 Å². The number of thiophene rings is 1. The Hall–Kier alpha value is -2.44. The molecule has 0 aliphatic heterocycles. The molecule has 1 atom stereocenters. The van der Waals surface area contributed by atoms with Crippen LogP contribution in [0.2, 0.25) is 0 Å². The lowest BCUT2D eigenvalue weighted by Crippen LogP contribution is -2.26. The Kier molecular flexibility index (Phi) is 6.24. The molecule has 7 nitrogen and oxygen atoms in total. The van der Waals surface area contributed by atoms with Gasteiger partial charge in [0.25, 0.3) is 5.69 Å². The molecule has 0 radical (unpaired) electrons. The van der Waals surface area contributed by atoms with Crippen LogP contribution in [0.15, 0.2) is 23.4 Å². The lowest BCUT2D eigenvalue weighted by atomic mass is 9.72. The quantitative estimate of drug-likeness (QED) is 0.414. The molecule has 0 spiro atoms. The number of nitrogens with one attached hydrogen (secondary N) is 1. The first-order valence-corrected chi connectivity index (χ1v) is 11.1. The summed E-state index contributed by atoms with van der Waals surface area (Å²) < 4.78 is 0. The van der Waals surface area contributed by atoms with Crippen molar-refractivity contribution in [2.45, 2.75) is 45.1 Å². The van der Waals surface area contributed by atoms with Gasteiger partial charge in [-0.3, -0.25) is 14.9 Å². The highest BCUT2D eigenvalue weighted by Gasteiger charge is 2.32. The third kappa shape index (κ3) is 4.95. The van der Waals surface area contributed by atoms with Crippen LogP contribution in [0.25, 0.3) is 0 Å². The normalized spacial score (nSPS) is 16.0. The predicted molar refractivity (Wildman–Crippen MR) is 114 cm³/mol. The molecule has 0 fully saturated rings. The zero-order valence-electron chi connectivity index (χ0n) is 16.5. The van der Waals surface area contributed by atoms with Crippen LogP contribution in [0.4, 0.5) is 10.7 Å². The molecule has 1 aliphatic carbocycles. The van der Waals surface area contributed by atoms with Crippen LogP contribution >= 0.6 is 23.1 Å². The SMILES string of the molecule is CC(C)(C)C1CCc2c(sc(NC(=O)CSc3ccc([N+](=O)[O-])cn3)c2C#N)C1. The average molecular weight is 431 g/mol. The number of carbonyl (C=O) groups excluding carboxylic acids is 1. The van der Waals surface area contributed by atoms with Gasteiger partial charge in [0.2, 0.25) is 5.91 Å². The van der Waals surface area contributed by atoms with E-state index in [4.69, 9.17) is 0 Å². The van der Waals surface area contributed by atoms with Crippen molar-refractivity contribution in [3.8, 4) is 6.07 Å². The van der Waals surface area contributed by atoms with Gasteiger partial charge in [-0.15, -0.1) is 11.3 Å². The van der Waals surface area contributed by atoms with E-state index in [9.17, 15) is 20.2 Å². The number of anilines is 1. The number of nitriles is 1. The summed E-state index contributed by atoms with van der Waals surface area (Å²) in [4.78, 5) is 27.7. The van der Waals surface area contributed by atoms with Gasteiger partial charge in [0.05, 0.1) is 21.3 Å². The first-order chi connectivity index (χ1) is 13.7. The number of hydrogen-bond donors (Lipinski definition) is 1. The Bertz CT molecular complexity index is 971. The summed E-state index contributed by atoms with van der Waals surface area (Å²) in [5.74, 6) is 0.452. The Morgan fingerprint density at radius 2 is 2.24 bits per heavy atom. The average Bonchev–Trinajstić information content (AvgIpc) is 3.02. The lowest BCUT2D eigenvalue weighted by molar-refractivity contribution is -0.385. The van der Waals surface area contributed by atoms with Gasteiger partial charge >= 0.3 is 0 Å². The summed E-state index contributed by atoms with van der Waals surface area (Å²) in [6, 6.07) is 5.15. The smallest absolute Gasteiger partial charge is 0.287 e. The van der Waals surface area contributed by atoms with Crippen LogP contribution < -0.4 is 5.32 Å². The van der Waals surface area contributed by atoms with E-state index in [2.05, 4.69) is 37.1 Å². The number of nitrogens with zero attached hydrogens (tertiary/aromatic N) is 3. The third-order valence-electron chi connectivity index (χ3n) is 5.14. The molecule has 29 heavy (non-hydrogen) atoms. The van der Waals surface area contributed by atoms with E-state index < -0.39 is 4.92 Å². The molecule has 9 heteroatoms. The summed E-state index contributed by atoms with van der Waals surface area (Å²) in [7, 11) is 0. The molecule has 152 valence electrons. The van der Waals surface area contributed by atoms with Gasteiger partial charge in [0.1, 0.15) is 17.3 Å². The minimum Gasteiger partial charge on any atom is -0.316 e. The number of fused-ring (bicyclic) bond motifs is 1. The molecule has 1 unspecified atom stereocenters. The third-order valence-corrected chi connectivity index (χ3v) is 7.25. The molecule has 1 amide bonds. The molecular formula is C20H22N4O3S2. The number of aromatic nitrogens is 1. The fraction of sp³-hybridized carbons (Fsp3) is 0.450. The number of hydrogen-bond acceptors (Lipinski definition) is 7. The molecule has 3 rings (SSSR count). The maximum absolute atomic E-state index is 12.4. The Balaban J connectivity index is 1.66. The van der Waals surface area contributed by atoms with Crippen molar-refractivity contribution < 1.29 is 9.72 Å². The van der Waals surface area contributed by atoms with E-state index in [1.807, 2.05) is 0 Å². The van der Waals surface area contributed by atoms with Crippen molar-refractivity contribution in [2.24, 2.45) is 11.3 Å². The van der Waals surface area contributed by atoms with Gasteiger partial charge in [-0.05, 0) is 42.2 Å². The molecule has 1 aliphatic rings. The van der Waals surface area contributed by atoms with Crippen molar-refractivity contribution in [3.63, 3.8) is 0 Å². The van der Waals surface area contributed by atoms with Crippen LogP contribution in [0, 0.1) is 32.8 Å². The topological polar surface area (TPSA) is 109 Å². The molecular weight excluding hydrogens is 408 g/mol. The van der Waals surface area contributed by atoms with Crippen LogP contribution in [0.1, 0.15) is 43.2 Å². The fourth-order valence-electron chi connectivity index (χ4n) is 3.40. The van der Waals surface area contributed by atoms with Crippen molar-refractivity contribution in [1.29, 1.82) is 5.26 Å². The molecule has 0 bridgehead atoms. The zero-order chi connectivity index (χ0) is 21.2. The molecule has 0 aromatic carbocycles. The zero-order valence-corrected chi connectivity index (χ0v) is 18.2. The number of nitro groups is 1. The summed E-state index contributed by atoms with van der Waals surface area (Å²) >= 11 is 2.70. The van der Waals surface area contributed by atoms with E-state index in [0.717, 1.165) is 24.8 Å². The Labute approximate surface area is 177 Å². The second-order valence-electron chi connectivity index (χ2n) is 8.07. The molecule has 2 aromatic heterocycles. The second-order valence-corrected chi connectivity index (χ2v) is 10.2. The molecule has 0 saturated carbocycles. The Morgan fingerprint density at radius 3 is 2.83 bits per heavy atom. The highest BCUT2D eigenvalue weighted by molar-refractivity contribution is 7.99. The number of pyridine rings is 1. The van der Waals surface area contributed by atoms with Gasteiger partial charge in [-0.2, -0.15) is 5.26 Å². The van der Waals surface area contributed by atoms with Crippen LogP contribution in [-0.2, 0) is 17.6 Å². The second kappa shape index (κ2) is 8.51. The van der Waals surface area contributed by atoms with Crippen LogP contribution in [-0.4, -0.2) is 21.6 Å². The fourth-order valence-corrected chi connectivity index (χ4v) is 5.34. The molecule has 2 heterocycles.